The third-order valence-electron chi connectivity index (χ3n) is 5.15. The van der Waals surface area contributed by atoms with Gasteiger partial charge in [-0.2, -0.15) is 0 Å². The van der Waals surface area contributed by atoms with Crippen molar-refractivity contribution >= 4 is 6.09 Å². The van der Waals surface area contributed by atoms with Crippen LogP contribution in [0, 0.1) is 0 Å². The lowest BCUT2D eigenvalue weighted by Crippen LogP contribution is -2.29. The number of hydrogen-bond acceptors (Lipinski definition) is 5. The van der Waals surface area contributed by atoms with Crippen LogP contribution in [0.15, 0.2) is 54.7 Å². The third kappa shape index (κ3) is 6.08. The molecule has 0 aliphatic heterocycles. The zero-order valence-electron chi connectivity index (χ0n) is 19.7. The molecule has 0 saturated carbocycles. The van der Waals surface area contributed by atoms with Gasteiger partial charge in [0.05, 0.1) is 24.4 Å². The number of amides is 1. The number of rotatable bonds is 7. The van der Waals surface area contributed by atoms with E-state index < -0.39 is 12.1 Å². The molecule has 0 radical (unpaired) electrons. The number of hydrogen-bond donors (Lipinski definition) is 3. The molecule has 3 aromatic rings. The van der Waals surface area contributed by atoms with Crippen LogP contribution in [-0.2, 0) is 5.41 Å². The molecule has 1 aromatic heterocycles. The van der Waals surface area contributed by atoms with Crippen LogP contribution in [-0.4, -0.2) is 39.0 Å². The van der Waals surface area contributed by atoms with Crippen molar-refractivity contribution in [3.05, 3.63) is 65.9 Å². The van der Waals surface area contributed by atoms with E-state index in [2.05, 4.69) is 37.1 Å². The number of carboxylic acid groups (broad SMARTS) is 1. The second-order valence-electron chi connectivity index (χ2n) is 9.20. The van der Waals surface area contributed by atoms with E-state index in [1.807, 2.05) is 44.2 Å². The number of ether oxygens (including phenoxy) is 1. The maximum absolute atomic E-state index is 10.9. The highest BCUT2D eigenvalue weighted by atomic mass is 16.5. The van der Waals surface area contributed by atoms with Crippen molar-refractivity contribution in [1.29, 1.82) is 0 Å². The summed E-state index contributed by atoms with van der Waals surface area (Å²) in [7, 11) is 0. The predicted molar refractivity (Wildman–Crippen MR) is 128 cm³/mol. The van der Waals surface area contributed by atoms with Gasteiger partial charge >= 0.3 is 6.09 Å². The summed E-state index contributed by atoms with van der Waals surface area (Å²) in [5, 5.41) is 20.7. The van der Waals surface area contributed by atoms with E-state index in [1.165, 1.54) is 0 Å². The first-order valence-electron chi connectivity index (χ1n) is 10.9. The molecule has 1 atom stereocenters. The molecule has 3 rings (SSSR count). The second kappa shape index (κ2) is 10.0. The quantitative estimate of drug-likeness (QED) is 0.458. The fraction of sp³-hybridized carbons (Fsp3) is 0.346. The minimum atomic E-state index is -1.19. The van der Waals surface area contributed by atoms with Gasteiger partial charge in [0.15, 0.2) is 5.82 Å². The number of aromatic nitrogens is 2. The highest BCUT2D eigenvalue weighted by molar-refractivity contribution is 5.67. The topological polar surface area (TPSA) is 105 Å². The first-order chi connectivity index (χ1) is 15.6. The van der Waals surface area contributed by atoms with Crippen LogP contribution in [0.25, 0.3) is 22.6 Å². The average Bonchev–Trinajstić information content (AvgIpc) is 2.77. The molecular weight excluding hydrogens is 418 g/mol. The average molecular weight is 450 g/mol. The van der Waals surface area contributed by atoms with Crippen molar-refractivity contribution in [3.8, 4) is 28.4 Å². The third-order valence-corrected chi connectivity index (χ3v) is 5.15. The summed E-state index contributed by atoms with van der Waals surface area (Å²) in [6, 6.07) is 14.5. The summed E-state index contributed by atoms with van der Waals surface area (Å²) in [5.41, 5.74) is 4.24. The number of benzene rings is 2. The van der Waals surface area contributed by atoms with E-state index in [9.17, 15) is 9.90 Å². The van der Waals surface area contributed by atoms with E-state index in [1.54, 1.807) is 18.3 Å². The Labute approximate surface area is 194 Å². The minimum absolute atomic E-state index is 0.0849. The van der Waals surface area contributed by atoms with Gasteiger partial charge in [0.25, 0.3) is 0 Å². The van der Waals surface area contributed by atoms with Crippen molar-refractivity contribution in [2.24, 2.45) is 0 Å². The molecule has 0 saturated heterocycles. The molecule has 0 aliphatic rings. The predicted octanol–water partition coefficient (Wildman–Crippen LogP) is 5.20. The lowest BCUT2D eigenvalue weighted by Gasteiger charge is -2.25. The first-order valence-corrected chi connectivity index (χ1v) is 10.9. The van der Waals surface area contributed by atoms with Gasteiger partial charge in [0.1, 0.15) is 5.75 Å². The number of aliphatic hydroxyl groups is 1. The molecule has 0 fully saturated rings. The zero-order chi connectivity index (χ0) is 24.2. The smallest absolute Gasteiger partial charge is 0.405 e. The number of nitrogens with zero attached hydrogens (tertiary/aromatic N) is 2. The Kier molecular flexibility index (Phi) is 7.33. The fourth-order valence-electron chi connectivity index (χ4n) is 3.54. The summed E-state index contributed by atoms with van der Waals surface area (Å²) >= 11 is 0. The first kappa shape index (κ1) is 24.2. The van der Waals surface area contributed by atoms with Gasteiger partial charge in [-0.3, -0.25) is 0 Å². The van der Waals surface area contributed by atoms with E-state index in [0.717, 1.165) is 28.1 Å². The fourth-order valence-corrected chi connectivity index (χ4v) is 3.54. The summed E-state index contributed by atoms with van der Waals surface area (Å²) in [6.07, 6.45) is 0.624. The molecule has 174 valence electrons. The molecule has 0 spiro atoms. The Hall–Kier alpha value is -3.45. The van der Waals surface area contributed by atoms with Gasteiger partial charge in [0, 0.05) is 22.9 Å². The molecule has 0 bridgehead atoms. The Bertz CT molecular complexity index is 1110. The van der Waals surface area contributed by atoms with Gasteiger partial charge in [-0.25, -0.2) is 14.8 Å². The van der Waals surface area contributed by atoms with Crippen LogP contribution >= 0.6 is 0 Å². The van der Waals surface area contributed by atoms with E-state index in [0.29, 0.717) is 11.4 Å². The number of nitrogens with one attached hydrogen (secondary N) is 1. The SMILES string of the molecule is CC(C)Oc1ccc(-c2ccnc(-c3ccc(C(CO)NC(=O)O)cc3)n2)cc1C(C)(C)C. The summed E-state index contributed by atoms with van der Waals surface area (Å²) in [4.78, 5) is 20.1. The highest BCUT2D eigenvalue weighted by Gasteiger charge is 2.21. The monoisotopic (exact) mass is 449 g/mol. The highest BCUT2D eigenvalue weighted by Crippen LogP contribution is 2.35. The van der Waals surface area contributed by atoms with Gasteiger partial charge in [0.2, 0.25) is 0 Å². The van der Waals surface area contributed by atoms with Gasteiger partial charge < -0.3 is 20.3 Å². The van der Waals surface area contributed by atoms with Crippen LogP contribution < -0.4 is 10.1 Å². The van der Waals surface area contributed by atoms with Crippen molar-refractivity contribution in [1.82, 2.24) is 15.3 Å². The van der Waals surface area contributed by atoms with Crippen LogP contribution in [0.4, 0.5) is 4.79 Å². The summed E-state index contributed by atoms with van der Waals surface area (Å²) in [6.45, 7) is 10.2. The van der Waals surface area contributed by atoms with Crippen LogP contribution in [0.3, 0.4) is 0 Å². The van der Waals surface area contributed by atoms with Gasteiger partial charge in [-0.05, 0) is 49.1 Å². The maximum Gasteiger partial charge on any atom is 0.405 e. The molecule has 2 aromatic carbocycles. The van der Waals surface area contributed by atoms with Crippen LogP contribution in [0.1, 0.15) is 51.8 Å². The van der Waals surface area contributed by atoms with E-state index >= 15 is 0 Å². The molecule has 33 heavy (non-hydrogen) atoms. The van der Waals surface area contributed by atoms with Gasteiger partial charge in [-0.1, -0.05) is 45.0 Å². The maximum atomic E-state index is 10.9. The molecule has 7 heteroatoms. The molecular formula is C26H31N3O4. The molecule has 1 heterocycles. The molecule has 0 aliphatic carbocycles. The Morgan fingerprint density at radius 2 is 1.73 bits per heavy atom. The lowest BCUT2D eigenvalue weighted by atomic mass is 9.85. The number of aliphatic hydroxyl groups excluding tert-OH is 1. The molecule has 7 nitrogen and oxygen atoms in total. The van der Waals surface area contributed by atoms with E-state index in [-0.39, 0.29) is 18.1 Å². The van der Waals surface area contributed by atoms with Crippen molar-refractivity contribution in [2.75, 3.05) is 6.61 Å². The van der Waals surface area contributed by atoms with E-state index in [4.69, 9.17) is 14.8 Å². The standard InChI is InChI=1S/C26H31N3O4/c1-16(2)33-23-11-10-19(14-20(23)26(3,4)5)21-12-13-27-24(28-21)18-8-6-17(7-9-18)22(15-30)29-25(31)32/h6-14,16,22,29-30H,15H2,1-5H3,(H,31,32). The lowest BCUT2D eigenvalue weighted by molar-refractivity contribution is 0.177. The zero-order valence-corrected chi connectivity index (χ0v) is 19.7. The Morgan fingerprint density at radius 3 is 2.30 bits per heavy atom. The molecule has 3 N–H and O–H groups in total. The Morgan fingerprint density at radius 1 is 1.06 bits per heavy atom. The van der Waals surface area contributed by atoms with Crippen LogP contribution in [0.5, 0.6) is 5.75 Å². The summed E-state index contributed by atoms with van der Waals surface area (Å²) < 4.78 is 6.03. The second-order valence-corrected chi connectivity index (χ2v) is 9.20. The number of carbonyl (C=O) groups is 1. The molecule has 1 amide bonds. The summed E-state index contributed by atoms with van der Waals surface area (Å²) in [5.74, 6) is 1.44. The minimum Gasteiger partial charge on any atom is -0.491 e. The van der Waals surface area contributed by atoms with Gasteiger partial charge in [-0.15, -0.1) is 0 Å². The van der Waals surface area contributed by atoms with Crippen molar-refractivity contribution in [3.63, 3.8) is 0 Å². The van der Waals surface area contributed by atoms with Crippen molar-refractivity contribution in [2.45, 2.75) is 52.2 Å². The molecule has 1 unspecified atom stereocenters. The Balaban J connectivity index is 1.93. The van der Waals surface area contributed by atoms with Crippen LogP contribution in [0.2, 0.25) is 0 Å². The largest absolute Gasteiger partial charge is 0.491 e. The van der Waals surface area contributed by atoms with Crippen molar-refractivity contribution < 1.29 is 19.7 Å². The normalized spacial score (nSPS) is 12.5.